The van der Waals surface area contributed by atoms with Crippen LogP contribution in [0.25, 0.3) is 0 Å². The van der Waals surface area contributed by atoms with Gasteiger partial charge in [-0.1, -0.05) is 32.9 Å². The summed E-state index contributed by atoms with van der Waals surface area (Å²) in [6.07, 6.45) is -9.49. The van der Waals surface area contributed by atoms with Crippen molar-refractivity contribution in [3.8, 4) is 0 Å². The molecule has 17 nitrogen and oxygen atoms in total. The van der Waals surface area contributed by atoms with Gasteiger partial charge < -0.3 is 73.2 Å². The number of hydrogen-bond donors (Lipinski definition) is 5. The normalized spacial score (nSPS) is 45.8. The van der Waals surface area contributed by atoms with Gasteiger partial charge in [0.05, 0.1) is 66.6 Å². The number of likely N-dealkylation sites (N-methyl/N-ethyl adjacent to an activating group) is 1. The molecule has 0 spiro atoms. The van der Waals surface area contributed by atoms with E-state index < -0.39 is 102 Å². The van der Waals surface area contributed by atoms with Crippen LogP contribution in [-0.4, -0.2) is 175 Å². The first-order valence-corrected chi connectivity index (χ1v) is 20.8. The summed E-state index contributed by atoms with van der Waals surface area (Å²) in [5, 5.41) is 63.6. The van der Waals surface area contributed by atoms with Crippen molar-refractivity contribution in [3.63, 3.8) is 0 Å². The van der Waals surface area contributed by atoms with Crippen LogP contribution in [0, 0.1) is 23.7 Å². The summed E-state index contributed by atoms with van der Waals surface area (Å²) < 4.78 is 48.1. The highest BCUT2D eigenvalue weighted by molar-refractivity contribution is 5.88. The van der Waals surface area contributed by atoms with E-state index in [4.69, 9.17) is 42.7 Å². The van der Waals surface area contributed by atoms with Crippen LogP contribution in [-0.2, 0) is 47.5 Å². The van der Waals surface area contributed by atoms with Gasteiger partial charge in [0.2, 0.25) is 6.79 Å². The molecule has 0 radical (unpaired) electrons. The minimum Gasteiger partial charge on any atom is -0.459 e. The van der Waals surface area contributed by atoms with E-state index in [0.29, 0.717) is 18.7 Å². The highest BCUT2D eigenvalue weighted by Crippen LogP contribution is 2.41. The van der Waals surface area contributed by atoms with E-state index in [2.05, 4.69) is 5.16 Å². The van der Waals surface area contributed by atoms with Crippen LogP contribution in [0.5, 0.6) is 0 Å². The summed E-state index contributed by atoms with van der Waals surface area (Å²) in [7, 11) is 6.76. The first-order valence-electron chi connectivity index (χ1n) is 20.8. The molecule has 0 amide bonds. The first-order chi connectivity index (χ1) is 27.0. The molecular formula is C41H76N2O15. The predicted molar refractivity (Wildman–Crippen MR) is 212 cm³/mol. The summed E-state index contributed by atoms with van der Waals surface area (Å²) >= 11 is 0. The molecule has 0 aromatic carbocycles. The molecule has 0 unspecified atom stereocenters. The van der Waals surface area contributed by atoms with E-state index in [1.807, 2.05) is 32.8 Å². The lowest BCUT2D eigenvalue weighted by molar-refractivity contribution is -0.317. The third-order valence-corrected chi connectivity index (χ3v) is 12.6. The number of aliphatic hydroxyl groups excluding tert-OH is 3. The molecule has 3 aliphatic heterocycles. The second-order valence-corrected chi connectivity index (χ2v) is 17.7. The Kier molecular flexibility index (Phi) is 18.8. The molecule has 3 rings (SSSR count). The monoisotopic (exact) mass is 837 g/mol. The number of nitrogens with zero attached hydrogens (tertiary/aromatic N) is 2. The molecule has 58 heavy (non-hydrogen) atoms. The fourth-order valence-electron chi connectivity index (χ4n) is 8.93. The van der Waals surface area contributed by atoms with Gasteiger partial charge in [-0.15, -0.1) is 0 Å². The molecule has 0 aromatic heterocycles. The fourth-order valence-corrected chi connectivity index (χ4v) is 8.93. The lowest BCUT2D eigenvalue weighted by atomic mass is 9.73. The fraction of sp³-hybridized carbons (Fsp3) is 0.951. The van der Waals surface area contributed by atoms with Crippen molar-refractivity contribution < 1.29 is 73.1 Å². The van der Waals surface area contributed by atoms with Crippen LogP contribution < -0.4 is 0 Å². The Balaban J connectivity index is 2.22. The van der Waals surface area contributed by atoms with Crippen molar-refractivity contribution in [2.24, 2.45) is 28.8 Å². The van der Waals surface area contributed by atoms with Gasteiger partial charge in [0.25, 0.3) is 0 Å². The molecule has 340 valence electrons. The lowest BCUT2D eigenvalue weighted by Gasteiger charge is -2.49. The summed E-state index contributed by atoms with van der Waals surface area (Å²) in [4.78, 5) is 21.8. The van der Waals surface area contributed by atoms with E-state index in [1.54, 1.807) is 55.6 Å². The van der Waals surface area contributed by atoms with Gasteiger partial charge in [-0.05, 0) is 74.9 Å². The molecule has 0 saturated carbocycles. The van der Waals surface area contributed by atoms with E-state index in [1.165, 1.54) is 14.0 Å². The number of cyclic esters (lactones) is 1. The second kappa shape index (κ2) is 21.5. The summed E-state index contributed by atoms with van der Waals surface area (Å²) in [6.45, 7) is 17.3. The third kappa shape index (κ3) is 12.1. The quantitative estimate of drug-likeness (QED) is 0.0778. The largest absolute Gasteiger partial charge is 0.459 e. The summed E-state index contributed by atoms with van der Waals surface area (Å²) in [6, 6.07) is -0.328. The Morgan fingerprint density at radius 1 is 0.897 bits per heavy atom. The van der Waals surface area contributed by atoms with Gasteiger partial charge in [0, 0.05) is 44.4 Å². The van der Waals surface area contributed by atoms with E-state index in [0.717, 1.165) is 0 Å². The number of oxime groups is 1. The van der Waals surface area contributed by atoms with Gasteiger partial charge >= 0.3 is 5.97 Å². The molecule has 3 saturated heterocycles. The SMILES string of the molecule is CC[C@H]1OC(=O)[C@H](C)[C@@H](O[C@H]2C[C@@](C)(OC)[C@@H](O)[C@H](C)O2)[C@H](C)[C@@H](O[C@@H]2O[C@H](C)C[C@@H](N(C)C)[C@H]2O)[C@](C)(O)C[C@@H](C)/C(=N\OCOCCOC)[C@H](C)[C@@H](O)[C@]1(C)O. The van der Waals surface area contributed by atoms with E-state index >= 15 is 0 Å². The Morgan fingerprint density at radius 3 is 2.14 bits per heavy atom. The first kappa shape index (κ1) is 50.8. The number of hydrogen-bond acceptors (Lipinski definition) is 17. The standard InChI is InChI=1S/C41H76N2O15/c1-15-29-41(10,49)34(45)24(4)31(42-53-21-52-17-16-50-13)22(2)19-39(8,48)36(58-38-32(44)28(43(11)12)18-23(3)54-38)25(5)33(26(6)37(47)56-29)57-30-20-40(9,51-14)35(46)27(7)55-30/h22-30,32-36,38,44-46,48-49H,15-21H2,1-14H3/b42-31+/t22-,23-,24+,25+,26-,27+,28-,29-,30+,32-,33+,34-,35+,36-,38+,39-,40-,41-/m1/s1. The van der Waals surface area contributed by atoms with E-state index in [9.17, 15) is 30.3 Å². The predicted octanol–water partition coefficient (Wildman–Crippen LogP) is 2.21. The lowest BCUT2D eigenvalue weighted by Crippen LogP contribution is -2.61. The Bertz CT molecular complexity index is 1300. The van der Waals surface area contributed by atoms with Crippen molar-refractivity contribution in [2.45, 2.75) is 179 Å². The van der Waals surface area contributed by atoms with Crippen molar-refractivity contribution in [1.82, 2.24) is 4.90 Å². The minimum absolute atomic E-state index is 0.0307. The molecule has 3 aliphatic rings. The minimum atomic E-state index is -1.97. The number of rotatable bonds is 13. The van der Waals surface area contributed by atoms with Crippen molar-refractivity contribution >= 4 is 11.7 Å². The number of ether oxygens (including phenoxy) is 8. The van der Waals surface area contributed by atoms with Gasteiger partial charge in [0.1, 0.15) is 23.9 Å². The molecule has 0 aromatic rings. The average Bonchev–Trinajstić information content (AvgIpc) is 3.15. The van der Waals surface area contributed by atoms with Gasteiger partial charge in [-0.2, -0.15) is 0 Å². The maximum Gasteiger partial charge on any atom is 0.311 e. The molecule has 3 fully saturated rings. The van der Waals surface area contributed by atoms with Crippen LogP contribution in [0.4, 0.5) is 0 Å². The Hall–Kier alpha value is -1.58. The van der Waals surface area contributed by atoms with Gasteiger partial charge in [-0.25, -0.2) is 0 Å². The van der Waals surface area contributed by atoms with Gasteiger partial charge in [-0.3, -0.25) is 4.79 Å². The number of carbonyl (C=O) groups is 1. The van der Waals surface area contributed by atoms with Crippen molar-refractivity contribution in [3.05, 3.63) is 0 Å². The Morgan fingerprint density at radius 2 is 1.55 bits per heavy atom. The molecule has 17 heteroatoms. The maximum atomic E-state index is 14.3. The number of esters is 1. The number of aliphatic hydroxyl groups is 5. The zero-order valence-electron chi connectivity index (χ0n) is 37.3. The highest BCUT2D eigenvalue weighted by Gasteiger charge is 2.53. The van der Waals surface area contributed by atoms with Gasteiger partial charge in [0.15, 0.2) is 12.6 Å². The average molecular weight is 837 g/mol. The zero-order valence-corrected chi connectivity index (χ0v) is 37.3. The van der Waals surface area contributed by atoms with Crippen LogP contribution in [0.1, 0.15) is 94.9 Å². The van der Waals surface area contributed by atoms with E-state index in [-0.39, 0.29) is 44.8 Å². The van der Waals surface area contributed by atoms with Crippen LogP contribution in [0.3, 0.4) is 0 Å². The highest BCUT2D eigenvalue weighted by atomic mass is 16.7. The summed E-state index contributed by atoms with van der Waals surface area (Å²) in [5.74, 6) is -4.14. The van der Waals surface area contributed by atoms with Crippen molar-refractivity contribution in [1.29, 1.82) is 0 Å². The zero-order chi connectivity index (χ0) is 43.9. The smallest absolute Gasteiger partial charge is 0.311 e. The maximum absolute atomic E-state index is 14.3. The van der Waals surface area contributed by atoms with Crippen LogP contribution >= 0.6 is 0 Å². The summed E-state index contributed by atoms with van der Waals surface area (Å²) in [5.41, 5.74) is -4.49. The third-order valence-electron chi connectivity index (χ3n) is 12.6. The van der Waals surface area contributed by atoms with Crippen LogP contribution in [0.15, 0.2) is 5.16 Å². The topological polar surface area (TPSA) is 217 Å². The molecule has 0 aliphatic carbocycles. The van der Waals surface area contributed by atoms with Crippen LogP contribution in [0.2, 0.25) is 0 Å². The molecular weight excluding hydrogens is 760 g/mol. The Labute approximate surface area is 345 Å². The molecule has 0 bridgehead atoms. The molecule has 18 atom stereocenters. The molecule has 3 heterocycles. The molecule has 5 N–H and O–H groups in total. The number of carbonyl (C=O) groups excluding carboxylic acids is 1. The number of methoxy groups -OCH3 is 2. The second-order valence-electron chi connectivity index (χ2n) is 17.7. The van der Waals surface area contributed by atoms with Crippen molar-refractivity contribution in [2.75, 3.05) is 48.3 Å².